The SMILES string of the molecule is O=C(O)C(O)C(O)C(=O)O.O=C(O)[C@@H]1C[C@H]2CCCC[C@@H]2N1Cc1ccccc1. The number of carbonyl (C=O) groups is 3. The normalized spacial score (nSPS) is 25.8. The summed E-state index contributed by atoms with van der Waals surface area (Å²) in [5.74, 6) is -3.59. The van der Waals surface area contributed by atoms with E-state index in [-0.39, 0.29) is 6.04 Å². The van der Waals surface area contributed by atoms with Gasteiger partial charge in [-0.15, -0.1) is 0 Å². The number of likely N-dealkylation sites (tertiary alicyclic amines) is 1. The van der Waals surface area contributed by atoms with Gasteiger partial charge in [-0.05, 0) is 30.7 Å². The maximum atomic E-state index is 11.5. The second kappa shape index (κ2) is 10.3. The minimum atomic E-state index is -2.27. The average molecular weight is 409 g/mol. The van der Waals surface area contributed by atoms with Gasteiger partial charge in [0.1, 0.15) is 6.04 Å². The number of nitrogens with zero attached hydrogens (tertiary/aromatic N) is 1. The van der Waals surface area contributed by atoms with E-state index < -0.39 is 30.1 Å². The van der Waals surface area contributed by atoms with Gasteiger partial charge in [0.05, 0.1) is 0 Å². The first-order valence-electron chi connectivity index (χ1n) is 9.56. The van der Waals surface area contributed by atoms with Crippen LogP contribution in [-0.2, 0) is 20.9 Å². The summed E-state index contributed by atoms with van der Waals surface area (Å²) in [5.41, 5.74) is 1.22. The monoisotopic (exact) mass is 409 g/mol. The van der Waals surface area contributed by atoms with Crippen LogP contribution in [0.15, 0.2) is 30.3 Å². The van der Waals surface area contributed by atoms with Gasteiger partial charge < -0.3 is 25.5 Å². The number of aliphatic hydroxyl groups is 2. The van der Waals surface area contributed by atoms with E-state index in [1.165, 1.54) is 31.2 Å². The topological polar surface area (TPSA) is 156 Å². The van der Waals surface area contributed by atoms with Crippen LogP contribution >= 0.6 is 0 Å². The number of rotatable bonds is 6. The Labute approximate surface area is 168 Å². The average Bonchev–Trinajstić information content (AvgIpc) is 3.07. The molecule has 0 spiro atoms. The second-order valence-electron chi connectivity index (χ2n) is 7.43. The quantitative estimate of drug-likeness (QED) is 0.458. The summed E-state index contributed by atoms with van der Waals surface area (Å²) in [5, 5.41) is 42.0. The van der Waals surface area contributed by atoms with Crippen LogP contribution < -0.4 is 0 Å². The third-order valence-electron chi connectivity index (χ3n) is 5.52. The molecule has 9 nitrogen and oxygen atoms in total. The van der Waals surface area contributed by atoms with Crippen molar-refractivity contribution in [1.82, 2.24) is 4.90 Å². The van der Waals surface area contributed by atoms with E-state index in [0.717, 1.165) is 13.0 Å². The molecule has 0 aromatic heterocycles. The molecule has 1 aliphatic heterocycles. The van der Waals surface area contributed by atoms with Crippen molar-refractivity contribution in [3.8, 4) is 0 Å². The number of hydrogen-bond donors (Lipinski definition) is 5. The molecule has 2 fully saturated rings. The lowest BCUT2D eigenvalue weighted by atomic mass is 9.84. The molecular weight excluding hydrogens is 382 g/mol. The molecule has 29 heavy (non-hydrogen) atoms. The molecule has 0 radical (unpaired) electrons. The maximum Gasteiger partial charge on any atom is 0.335 e. The highest BCUT2D eigenvalue weighted by Crippen LogP contribution is 2.40. The lowest BCUT2D eigenvalue weighted by molar-refractivity contribution is -0.165. The van der Waals surface area contributed by atoms with Gasteiger partial charge in [0.25, 0.3) is 0 Å². The summed E-state index contributed by atoms with van der Waals surface area (Å²) in [4.78, 5) is 33.3. The van der Waals surface area contributed by atoms with E-state index in [2.05, 4.69) is 17.0 Å². The third-order valence-corrected chi connectivity index (χ3v) is 5.52. The number of carboxylic acid groups (broad SMARTS) is 3. The molecule has 0 bridgehead atoms. The van der Waals surface area contributed by atoms with Gasteiger partial charge in [0.2, 0.25) is 0 Å². The highest BCUT2D eigenvalue weighted by atomic mass is 16.4. The van der Waals surface area contributed by atoms with E-state index >= 15 is 0 Å². The Morgan fingerprint density at radius 3 is 2.00 bits per heavy atom. The molecule has 9 heteroatoms. The molecule has 2 unspecified atom stereocenters. The number of carboxylic acids is 3. The minimum absolute atomic E-state index is 0.284. The van der Waals surface area contributed by atoms with E-state index in [9.17, 15) is 19.5 Å². The van der Waals surface area contributed by atoms with E-state index in [0.29, 0.717) is 12.0 Å². The van der Waals surface area contributed by atoms with Crippen molar-refractivity contribution in [3.63, 3.8) is 0 Å². The summed E-state index contributed by atoms with van der Waals surface area (Å²) >= 11 is 0. The fraction of sp³-hybridized carbons (Fsp3) is 0.550. The Morgan fingerprint density at radius 2 is 1.48 bits per heavy atom. The highest BCUT2D eigenvalue weighted by molar-refractivity contribution is 5.83. The second-order valence-corrected chi connectivity index (χ2v) is 7.43. The Balaban J connectivity index is 0.000000257. The van der Waals surface area contributed by atoms with Crippen molar-refractivity contribution < 1.29 is 39.9 Å². The molecule has 160 valence electrons. The lowest BCUT2D eigenvalue weighted by Crippen LogP contribution is -2.41. The zero-order valence-corrected chi connectivity index (χ0v) is 15.9. The molecule has 1 saturated heterocycles. The predicted octanol–water partition coefficient (Wildman–Crippen LogP) is 0.782. The molecule has 1 aromatic carbocycles. The van der Waals surface area contributed by atoms with Crippen LogP contribution in [0.25, 0.3) is 0 Å². The van der Waals surface area contributed by atoms with E-state index in [1.54, 1.807) is 0 Å². The van der Waals surface area contributed by atoms with Crippen LogP contribution in [0.1, 0.15) is 37.7 Å². The van der Waals surface area contributed by atoms with Crippen molar-refractivity contribution >= 4 is 17.9 Å². The molecule has 5 atom stereocenters. The van der Waals surface area contributed by atoms with Crippen molar-refractivity contribution in [2.75, 3.05) is 0 Å². The molecule has 0 amide bonds. The van der Waals surface area contributed by atoms with Crippen molar-refractivity contribution in [2.45, 2.75) is 62.9 Å². The summed E-state index contributed by atoms with van der Waals surface area (Å²) in [6.45, 7) is 0.777. The van der Waals surface area contributed by atoms with E-state index in [4.69, 9.17) is 20.4 Å². The van der Waals surface area contributed by atoms with Gasteiger partial charge in [-0.3, -0.25) is 9.69 Å². The molecule has 1 aliphatic carbocycles. The summed E-state index contributed by atoms with van der Waals surface area (Å²) in [6.07, 6.45) is 1.20. The van der Waals surface area contributed by atoms with Crippen LogP contribution in [0.5, 0.6) is 0 Å². The smallest absolute Gasteiger partial charge is 0.335 e. The van der Waals surface area contributed by atoms with Crippen LogP contribution in [0.4, 0.5) is 0 Å². The molecule has 1 heterocycles. The standard InChI is InChI=1S/C16H21NO2.C4H6O6/c18-16(19)15-10-13-8-4-5-9-14(13)17(15)11-12-6-2-1-3-7-12;5-1(3(7)8)2(6)4(9)10/h1-3,6-7,13-15H,4-5,8-11H2,(H,18,19);1-2,5-6H,(H,7,8)(H,9,10)/t13-,14+,15+;/m1./s1. The third kappa shape index (κ3) is 5.99. The van der Waals surface area contributed by atoms with Gasteiger partial charge in [0.15, 0.2) is 12.2 Å². The van der Waals surface area contributed by atoms with Gasteiger partial charge in [-0.1, -0.05) is 43.2 Å². The van der Waals surface area contributed by atoms with Crippen LogP contribution in [0.3, 0.4) is 0 Å². The number of hydrogen-bond acceptors (Lipinski definition) is 6. The minimum Gasteiger partial charge on any atom is -0.480 e. The van der Waals surface area contributed by atoms with Crippen LogP contribution in [0.2, 0.25) is 0 Å². The van der Waals surface area contributed by atoms with Crippen molar-refractivity contribution in [3.05, 3.63) is 35.9 Å². The predicted molar refractivity (Wildman–Crippen MR) is 101 cm³/mol. The van der Waals surface area contributed by atoms with Gasteiger partial charge in [-0.25, -0.2) is 9.59 Å². The number of aliphatic hydroxyl groups excluding tert-OH is 2. The van der Waals surface area contributed by atoms with Gasteiger partial charge in [0, 0.05) is 12.6 Å². The van der Waals surface area contributed by atoms with E-state index in [1.807, 2.05) is 18.2 Å². The Bertz CT molecular complexity index is 692. The Morgan fingerprint density at radius 1 is 0.931 bits per heavy atom. The largest absolute Gasteiger partial charge is 0.480 e. The summed E-state index contributed by atoms with van der Waals surface area (Å²) < 4.78 is 0. The van der Waals surface area contributed by atoms with Crippen LogP contribution in [0, 0.1) is 5.92 Å². The van der Waals surface area contributed by atoms with Crippen LogP contribution in [-0.4, -0.2) is 72.6 Å². The zero-order chi connectivity index (χ0) is 21.6. The van der Waals surface area contributed by atoms with Gasteiger partial charge >= 0.3 is 17.9 Å². The molecule has 5 N–H and O–H groups in total. The number of benzene rings is 1. The molecule has 2 aliphatic rings. The first kappa shape index (κ1) is 22.8. The Hall–Kier alpha value is -2.49. The first-order valence-corrected chi connectivity index (χ1v) is 9.56. The molecule has 1 aromatic rings. The fourth-order valence-corrected chi connectivity index (χ4v) is 4.09. The lowest BCUT2D eigenvalue weighted by Gasteiger charge is -2.33. The molecular formula is C20H27NO8. The molecule has 3 rings (SSSR count). The van der Waals surface area contributed by atoms with Crippen molar-refractivity contribution in [2.24, 2.45) is 5.92 Å². The zero-order valence-electron chi connectivity index (χ0n) is 15.9. The fourth-order valence-electron chi connectivity index (χ4n) is 4.09. The summed E-state index contributed by atoms with van der Waals surface area (Å²) in [6, 6.07) is 10.4. The number of fused-ring (bicyclic) bond motifs is 1. The first-order chi connectivity index (χ1) is 13.7. The maximum absolute atomic E-state index is 11.5. The number of aliphatic carboxylic acids is 3. The molecule has 1 saturated carbocycles. The van der Waals surface area contributed by atoms with Gasteiger partial charge in [-0.2, -0.15) is 0 Å². The van der Waals surface area contributed by atoms with Crippen molar-refractivity contribution in [1.29, 1.82) is 0 Å². The summed E-state index contributed by atoms with van der Waals surface area (Å²) in [7, 11) is 0. The highest BCUT2D eigenvalue weighted by Gasteiger charge is 2.44. The Kier molecular flexibility index (Phi) is 8.12.